The molecule has 1 fully saturated rings. The summed E-state index contributed by atoms with van der Waals surface area (Å²) in [5.74, 6) is 0. The van der Waals surface area contributed by atoms with E-state index < -0.39 is 0 Å². The van der Waals surface area contributed by atoms with Crippen molar-refractivity contribution in [3.05, 3.63) is 35.4 Å². The predicted molar refractivity (Wildman–Crippen MR) is 73.0 cm³/mol. The van der Waals surface area contributed by atoms with Gasteiger partial charge < -0.3 is 5.73 Å². The molecule has 0 amide bonds. The first-order valence-corrected chi connectivity index (χ1v) is 6.71. The third kappa shape index (κ3) is 2.88. The molecule has 2 atom stereocenters. The number of likely N-dealkylation sites (N-methyl/N-ethyl adjacent to an activating group) is 1. The summed E-state index contributed by atoms with van der Waals surface area (Å²) >= 11 is 0. The van der Waals surface area contributed by atoms with Crippen LogP contribution < -0.4 is 5.73 Å². The maximum Gasteiger partial charge on any atom is 0.0499 e. The summed E-state index contributed by atoms with van der Waals surface area (Å²) in [5.41, 5.74) is 8.88. The fourth-order valence-electron chi connectivity index (χ4n) is 2.65. The molecule has 0 aliphatic heterocycles. The van der Waals surface area contributed by atoms with Gasteiger partial charge in [-0.15, -0.1) is 0 Å². The van der Waals surface area contributed by atoms with Crippen molar-refractivity contribution in [3.8, 4) is 0 Å². The van der Waals surface area contributed by atoms with Crippen molar-refractivity contribution >= 4 is 0 Å². The molecule has 1 saturated carbocycles. The Bertz CT molecular complexity index is 352. The monoisotopic (exact) mass is 232 g/mol. The van der Waals surface area contributed by atoms with Crippen molar-refractivity contribution < 1.29 is 0 Å². The zero-order chi connectivity index (χ0) is 12.4. The number of hydrogen-bond acceptors (Lipinski definition) is 2. The van der Waals surface area contributed by atoms with Gasteiger partial charge in [-0.25, -0.2) is 0 Å². The third-order valence-corrected chi connectivity index (χ3v) is 3.66. The molecule has 0 saturated heterocycles. The summed E-state index contributed by atoms with van der Waals surface area (Å²) in [6, 6.07) is 10.1. The quantitative estimate of drug-likeness (QED) is 0.846. The van der Waals surface area contributed by atoms with Crippen molar-refractivity contribution in [2.45, 2.75) is 51.7 Å². The Morgan fingerprint density at radius 1 is 1.29 bits per heavy atom. The Labute approximate surface area is 105 Å². The van der Waals surface area contributed by atoms with E-state index in [1.807, 2.05) is 0 Å². The van der Waals surface area contributed by atoms with Crippen LogP contribution in [0.1, 0.15) is 43.9 Å². The van der Waals surface area contributed by atoms with Crippen molar-refractivity contribution in [2.75, 3.05) is 6.54 Å². The van der Waals surface area contributed by atoms with Gasteiger partial charge in [0.15, 0.2) is 0 Å². The fourth-order valence-corrected chi connectivity index (χ4v) is 2.65. The number of hydrogen-bond donors (Lipinski definition) is 1. The lowest BCUT2D eigenvalue weighted by Gasteiger charge is -2.34. The van der Waals surface area contributed by atoms with Crippen molar-refractivity contribution in [1.82, 2.24) is 4.90 Å². The minimum Gasteiger partial charge on any atom is -0.326 e. The van der Waals surface area contributed by atoms with E-state index in [4.69, 9.17) is 5.73 Å². The Morgan fingerprint density at radius 3 is 2.29 bits per heavy atom. The number of rotatable bonds is 5. The Balaban J connectivity index is 2.24. The summed E-state index contributed by atoms with van der Waals surface area (Å²) in [5, 5.41) is 0. The van der Waals surface area contributed by atoms with Gasteiger partial charge in [-0.3, -0.25) is 4.90 Å². The minimum atomic E-state index is 0.179. The largest absolute Gasteiger partial charge is 0.326 e. The van der Waals surface area contributed by atoms with E-state index in [1.54, 1.807) is 0 Å². The van der Waals surface area contributed by atoms with Crippen LogP contribution in [0.15, 0.2) is 24.3 Å². The van der Waals surface area contributed by atoms with Crippen LogP contribution >= 0.6 is 0 Å². The highest BCUT2D eigenvalue weighted by atomic mass is 15.2. The minimum absolute atomic E-state index is 0.179. The highest BCUT2D eigenvalue weighted by molar-refractivity contribution is 5.25. The summed E-state index contributed by atoms with van der Waals surface area (Å²) < 4.78 is 0. The lowest BCUT2D eigenvalue weighted by Crippen LogP contribution is -2.40. The van der Waals surface area contributed by atoms with Gasteiger partial charge >= 0.3 is 0 Å². The van der Waals surface area contributed by atoms with E-state index in [9.17, 15) is 0 Å². The highest BCUT2D eigenvalue weighted by Gasteiger charge is 2.34. The molecule has 1 aromatic rings. The van der Waals surface area contributed by atoms with E-state index in [-0.39, 0.29) is 6.04 Å². The average Bonchev–Trinajstić information content (AvgIpc) is 3.11. The molecule has 2 unspecified atom stereocenters. The zero-order valence-corrected chi connectivity index (χ0v) is 11.2. The van der Waals surface area contributed by atoms with E-state index >= 15 is 0 Å². The molecule has 2 rings (SSSR count). The number of benzene rings is 1. The molecule has 94 valence electrons. The zero-order valence-electron chi connectivity index (χ0n) is 11.2. The fraction of sp³-hybridized carbons (Fsp3) is 0.600. The van der Waals surface area contributed by atoms with Gasteiger partial charge in [-0.2, -0.15) is 0 Å². The van der Waals surface area contributed by atoms with Crippen LogP contribution in [-0.4, -0.2) is 23.5 Å². The normalized spacial score (nSPS) is 19.4. The van der Waals surface area contributed by atoms with Gasteiger partial charge in [-0.1, -0.05) is 36.8 Å². The Morgan fingerprint density at radius 2 is 1.88 bits per heavy atom. The van der Waals surface area contributed by atoms with Crippen molar-refractivity contribution in [3.63, 3.8) is 0 Å². The summed E-state index contributed by atoms with van der Waals surface area (Å²) in [6.07, 6.45) is 2.67. The van der Waals surface area contributed by atoms with Gasteiger partial charge in [0.05, 0.1) is 0 Å². The second-order valence-electron chi connectivity index (χ2n) is 5.28. The third-order valence-electron chi connectivity index (χ3n) is 3.66. The smallest absolute Gasteiger partial charge is 0.0499 e. The predicted octanol–water partition coefficient (Wildman–Crippen LogP) is 2.87. The van der Waals surface area contributed by atoms with Crippen LogP contribution in [0.25, 0.3) is 0 Å². The lowest BCUT2D eigenvalue weighted by atomic mass is 9.98. The van der Waals surface area contributed by atoms with Gasteiger partial charge in [0.25, 0.3) is 0 Å². The molecule has 0 bridgehead atoms. The molecule has 0 aromatic heterocycles. The van der Waals surface area contributed by atoms with Crippen LogP contribution in [0.5, 0.6) is 0 Å². The topological polar surface area (TPSA) is 29.3 Å². The molecule has 1 aliphatic rings. The van der Waals surface area contributed by atoms with Gasteiger partial charge in [-0.05, 0) is 38.8 Å². The molecule has 1 aliphatic carbocycles. The molecule has 1 aromatic carbocycles. The second kappa shape index (κ2) is 5.19. The first-order valence-electron chi connectivity index (χ1n) is 6.71. The Hall–Kier alpha value is -0.860. The number of nitrogens with zero attached hydrogens (tertiary/aromatic N) is 1. The van der Waals surface area contributed by atoms with Gasteiger partial charge in [0.1, 0.15) is 0 Å². The SMILES string of the molecule is CCN(C1CC1)C(c1ccc(C)cc1)C(C)N. The molecule has 0 radical (unpaired) electrons. The van der Waals surface area contributed by atoms with Crippen LogP contribution in [0.2, 0.25) is 0 Å². The number of nitrogens with two attached hydrogens (primary N) is 1. The molecular formula is C15H24N2. The first-order chi connectivity index (χ1) is 8.13. The van der Waals surface area contributed by atoms with E-state index in [0.29, 0.717) is 6.04 Å². The molecule has 2 heteroatoms. The lowest BCUT2D eigenvalue weighted by molar-refractivity contribution is 0.176. The van der Waals surface area contributed by atoms with Crippen LogP contribution in [-0.2, 0) is 0 Å². The first kappa shape index (κ1) is 12.6. The standard InChI is InChI=1S/C15H24N2/c1-4-17(14-9-10-14)15(12(3)16)13-7-5-11(2)6-8-13/h5-8,12,14-15H,4,9-10,16H2,1-3H3. The summed E-state index contributed by atoms with van der Waals surface area (Å²) in [6.45, 7) is 7.57. The molecule has 0 spiro atoms. The van der Waals surface area contributed by atoms with Crippen LogP contribution in [0.4, 0.5) is 0 Å². The van der Waals surface area contributed by atoms with E-state index in [0.717, 1.165) is 12.6 Å². The van der Waals surface area contributed by atoms with Crippen molar-refractivity contribution in [1.29, 1.82) is 0 Å². The molecule has 2 N–H and O–H groups in total. The second-order valence-corrected chi connectivity index (χ2v) is 5.28. The summed E-state index contributed by atoms with van der Waals surface area (Å²) in [7, 11) is 0. The maximum atomic E-state index is 6.21. The average molecular weight is 232 g/mol. The van der Waals surface area contributed by atoms with Gasteiger partial charge in [0.2, 0.25) is 0 Å². The Kier molecular flexibility index (Phi) is 3.85. The number of aryl methyl sites for hydroxylation is 1. The van der Waals surface area contributed by atoms with E-state index in [1.165, 1.54) is 24.0 Å². The molecule has 17 heavy (non-hydrogen) atoms. The molecule has 0 heterocycles. The van der Waals surface area contributed by atoms with Crippen LogP contribution in [0, 0.1) is 6.92 Å². The maximum absolute atomic E-state index is 6.21. The summed E-state index contributed by atoms with van der Waals surface area (Å²) in [4.78, 5) is 2.56. The highest BCUT2D eigenvalue weighted by Crippen LogP contribution is 2.35. The molecular weight excluding hydrogens is 208 g/mol. The molecule has 2 nitrogen and oxygen atoms in total. The van der Waals surface area contributed by atoms with Gasteiger partial charge in [0, 0.05) is 18.1 Å². The van der Waals surface area contributed by atoms with Crippen molar-refractivity contribution in [2.24, 2.45) is 5.73 Å². The van der Waals surface area contributed by atoms with Crippen LogP contribution in [0.3, 0.4) is 0 Å². The van der Waals surface area contributed by atoms with E-state index in [2.05, 4.69) is 49.9 Å².